The smallest absolute Gasteiger partial charge is 0.0701 e. The summed E-state index contributed by atoms with van der Waals surface area (Å²) >= 11 is 5.37. The fraction of sp³-hybridized carbons (Fsp3) is 0.438. The zero-order valence-corrected chi connectivity index (χ0v) is 14.2. The van der Waals surface area contributed by atoms with Gasteiger partial charge in [-0.2, -0.15) is 0 Å². The molecule has 2 heterocycles. The highest BCUT2D eigenvalue weighted by molar-refractivity contribution is 9.11. The van der Waals surface area contributed by atoms with E-state index in [1.54, 1.807) is 0 Å². The van der Waals surface area contributed by atoms with Crippen molar-refractivity contribution in [3.63, 3.8) is 0 Å². The van der Waals surface area contributed by atoms with Crippen molar-refractivity contribution in [3.8, 4) is 0 Å². The van der Waals surface area contributed by atoms with E-state index in [0.717, 1.165) is 25.8 Å². The molecule has 0 saturated heterocycles. The number of hydrogen-bond acceptors (Lipinski definition) is 3. The van der Waals surface area contributed by atoms with Gasteiger partial charge in [0.1, 0.15) is 0 Å². The molecule has 2 nitrogen and oxygen atoms in total. The maximum atomic E-state index is 4.41. The molecule has 0 saturated carbocycles. The van der Waals surface area contributed by atoms with Crippen molar-refractivity contribution in [1.82, 2.24) is 10.3 Å². The number of halogens is 1. The van der Waals surface area contributed by atoms with Crippen LogP contribution in [0.4, 0.5) is 0 Å². The number of hydrogen-bond donors (Lipinski definition) is 1. The second-order valence-corrected chi connectivity index (χ2v) is 7.47. The van der Waals surface area contributed by atoms with E-state index in [2.05, 4.69) is 57.4 Å². The lowest BCUT2D eigenvalue weighted by molar-refractivity contribution is 0.478. The zero-order chi connectivity index (χ0) is 14.2. The van der Waals surface area contributed by atoms with Gasteiger partial charge in [0.25, 0.3) is 0 Å². The minimum Gasteiger partial charge on any atom is -0.314 e. The minimum atomic E-state index is 0.530. The Bertz CT molecular complexity index is 498. The second kappa shape index (κ2) is 8.55. The molecule has 0 aliphatic carbocycles. The normalized spacial score (nSPS) is 12.5. The van der Waals surface area contributed by atoms with E-state index in [1.165, 1.54) is 20.8 Å². The van der Waals surface area contributed by atoms with E-state index in [0.29, 0.717) is 6.04 Å². The number of nitrogens with zero attached hydrogens (tertiary/aromatic N) is 1. The van der Waals surface area contributed by atoms with Gasteiger partial charge in [-0.3, -0.25) is 4.98 Å². The van der Waals surface area contributed by atoms with Crippen LogP contribution in [0.25, 0.3) is 0 Å². The summed E-state index contributed by atoms with van der Waals surface area (Å²) in [7, 11) is 0. The summed E-state index contributed by atoms with van der Waals surface area (Å²) in [6.45, 7) is 3.30. The first-order valence-corrected chi connectivity index (χ1v) is 8.76. The summed E-state index contributed by atoms with van der Waals surface area (Å²) in [5.74, 6) is 0. The second-order valence-electron chi connectivity index (χ2n) is 4.92. The minimum absolute atomic E-state index is 0.530. The molecule has 108 valence electrons. The number of thiophene rings is 1. The van der Waals surface area contributed by atoms with E-state index >= 15 is 0 Å². The van der Waals surface area contributed by atoms with Crippen molar-refractivity contribution in [3.05, 3.63) is 50.9 Å². The summed E-state index contributed by atoms with van der Waals surface area (Å²) in [5, 5.41) is 3.66. The third kappa shape index (κ3) is 5.35. The topological polar surface area (TPSA) is 24.9 Å². The molecule has 2 aromatic heterocycles. The quantitative estimate of drug-likeness (QED) is 0.758. The Labute approximate surface area is 133 Å². The number of pyridine rings is 1. The molecule has 20 heavy (non-hydrogen) atoms. The highest BCUT2D eigenvalue weighted by atomic mass is 79.9. The summed E-state index contributed by atoms with van der Waals surface area (Å²) in [4.78, 5) is 5.85. The first kappa shape index (κ1) is 15.7. The Morgan fingerprint density at radius 1 is 1.30 bits per heavy atom. The van der Waals surface area contributed by atoms with Gasteiger partial charge in [0.2, 0.25) is 0 Å². The number of nitrogens with one attached hydrogen (secondary N) is 1. The van der Waals surface area contributed by atoms with Crippen molar-refractivity contribution in [2.75, 3.05) is 6.54 Å². The molecule has 0 aliphatic heterocycles. The summed E-state index contributed by atoms with van der Waals surface area (Å²) in [6.07, 6.45) is 6.32. The van der Waals surface area contributed by atoms with Crippen LogP contribution in [0.1, 0.15) is 30.3 Å². The molecule has 1 atom stereocenters. The van der Waals surface area contributed by atoms with Gasteiger partial charge < -0.3 is 5.32 Å². The van der Waals surface area contributed by atoms with E-state index in [1.807, 2.05) is 23.6 Å². The average Bonchev–Trinajstić information content (AvgIpc) is 2.88. The van der Waals surface area contributed by atoms with Gasteiger partial charge in [0.15, 0.2) is 0 Å². The van der Waals surface area contributed by atoms with Crippen LogP contribution in [-0.2, 0) is 12.8 Å². The largest absolute Gasteiger partial charge is 0.314 e. The molecule has 0 aromatic carbocycles. The molecule has 0 radical (unpaired) electrons. The summed E-state index contributed by atoms with van der Waals surface area (Å²) < 4.78 is 1.21. The van der Waals surface area contributed by atoms with E-state index in [4.69, 9.17) is 0 Å². The van der Waals surface area contributed by atoms with Crippen molar-refractivity contribution >= 4 is 27.3 Å². The van der Waals surface area contributed by atoms with E-state index in [-0.39, 0.29) is 0 Å². The molecule has 1 unspecified atom stereocenters. The first-order valence-electron chi connectivity index (χ1n) is 7.15. The molecule has 0 spiro atoms. The van der Waals surface area contributed by atoms with Crippen molar-refractivity contribution in [2.45, 2.75) is 38.6 Å². The molecule has 4 heteroatoms. The third-order valence-electron chi connectivity index (χ3n) is 3.23. The van der Waals surface area contributed by atoms with Crippen LogP contribution in [0.3, 0.4) is 0 Å². The lowest BCUT2D eigenvalue weighted by Crippen LogP contribution is -2.32. The predicted molar refractivity (Wildman–Crippen MR) is 90.4 cm³/mol. The molecule has 0 bridgehead atoms. The zero-order valence-electron chi connectivity index (χ0n) is 11.8. The Morgan fingerprint density at radius 2 is 2.20 bits per heavy atom. The molecular formula is C16H21BrN2S. The van der Waals surface area contributed by atoms with Gasteiger partial charge in [-0.15, -0.1) is 11.3 Å². The SMILES string of the molecule is CCCNC(CCc1ccccn1)Cc1ccc(Br)s1. The maximum absolute atomic E-state index is 4.41. The van der Waals surface area contributed by atoms with Crippen LogP contribution in [-0.4, -0.2) is 17.6 Å². The maximum Gasteiger partial charge on any atom is 0.0701 e. The standard InChI is InChI=1S/C16H21BrN2S/c1-2-10-18-14(12-15-8-9-16(17)20-15)7-6-13-5-3-4-11-19-13/h3-5,8-9,11,14,18H,2,6-7,10,12H2,1H3. The van der Waals surface area contributed by atoms with Crippen LogP contribution in [0.5, 0.6) is 0 Å². The number of aryl methyl sites for hydroxylation is 1. The van der Waals surface area contributed by atoms with Crippen LogP contribution in [0, 0.1) is 0 Å². The van der Waals surface area contributed by atoms with Gasteiger partial charge >= 0.3 is 0 Å². The molecule has 2 rings (SSSR count). The Balaban J connectivity index is 1.89. The van der Waals surface area contributed by atoms with Gasteiger partial charge in [-0.1, -0.05) is 13.0 Å². The first-order chi connectivity index (χ1) is 9.78. The lowest BCUT2D eigenvalue weighted by atomic mass is 10.0. The molecule has 0 aliphatic rings. The Hall–Kier alpha value is -0.710. The Kier molecular flexibility index (Phi) is 6.70. The highest BCUT2D eigenvalue weighted by Gasteiger charge is 2.11. The van der Waals surface area contributed by atoms with Gasteiger partial charge in [0.05, 0.1) is 3.79 Å². The molecule has 1 N–H and O–H groups in total. The lowest BCUT2D eigenvalue weighted by Gasteiger charge is -2.17. The molecular weight excluding hydrogens is 332 g/mol. The monoisotopic (exact) mass is 352 g/mol. The molecule has 0 amide bonds. The van der Waals surface area contributed by atoms with E-state index < -0.39 is 0 Å². The average molecular weight is 353 g/mol. The number of aromatic nitrogens is 1. The molecule has 0 fully saturated rings. The fourth-order valence-electron chi connectivity index (χ4n) is 2.20. The van der Waals surface area contributed by atoms with Crippen molar-refractivity contribution < 1.29 is 0 Å². The van der Waals surface area contributed by atoms with Crippen molar-refractivity contribution in [2.24, 2.45) is 0 Å². The van der Waals surface area contributed by atoms with Crippen LogP contribution < -0.4 is 5.32 Å². The van der Waals surface area contributed by atoms with Gasteiger partial charge in [0, 0.05) is 22.8 Å². The fourth-order valence-corrected chi connectivity index (χ4v) is 3.76. The van der Waals surface area contributed by atoms with E-state index in [9.17, 15) is 0 Å². The highest BCUT2D eigenvalue weighted by Crippen LogP contribution is 2.23. The molecule has 2 aromatic rings. The predicted octanol–water partition coefficient (Wildman–Crippen LogP) is 4.45. The Morgan fingerprint density at radius 3 is 2.85 bits per heavy atom. The summed E-state index contributed by atoms with van der Waals surface area (Å²) in [5.41, 5.74) is 1.18. The third-order valence-corrected chi connectivity index (χ3v) is 4.88. The van der Waals surface area contributed by atoms with Crippen LogP contribution >= 0.6 is 27.3 Å². The van der Waals surface area contributed by atoms with Crippen LogP contribution in [0.2, 0.25) is 0 Å². The van der Waals surface area contributed by atoms with Gasteiger partial charge in [-0.25, -0.2) is 0 Å². The summed E-state index contributed by atoms with van der Waals surface area (Å²) in [6, 6.07) is 11.0. The van der Waals surface area contributed by atoms with Crippen LogP contribution in [0.15, 0.2) is 40.3 Å². The number of rotatable bonds is 8. The van der Waals surface area contributed by atoms with Crippen molar-refractivity contribution in [1.29, 1.82) is 0 Å². The van der Waals surface area contributed by atoms with Gasteiger partial charge in [-0.05, 0) is 72.4 Å².